The number of anilines is 1. The number of carbonyl (C=O) groups is 2. The number of ketones is 1. The van der Waals surface area contributed by atoms with Crippen LogP contribution >= 0.6 is 0 Å². The van der Waals surface area contributed by atoms with E-state index in [-0.39, 0.29) is 35.2 Å². The minimum Gasteiger partial charge on any atom is -0.508 e. The molecule has 5 nitrogen and oxygen atoms in total. The van der Waals surface area contributed by atoms with E-state index in [4.69, 9.17) is 0 Å². The molecule has 2 heterocycles. The number of carbonyl (C=O) groups excluding carboxylic acids is 2. The van der Waals surface area contributed by atoms with E-state index in [9.17, 15) is 19.1 Å². The van der Waals surface area contributed by atoms with Crippen LogP contribution in [0.5, 0.6) is 5.75 Å². The van der Waals surface area contributed by atoms with E-state index < -0.39 is 17.4 Å². The molecule has 6 heteroatoms. The zero-order valence-electron chi connectivity index (χ0n) is 19.1. The number of benzene rings is 3. The van der Waals surface area contributed by atoms with Gasteiger partial charge in [0.25, 0.3) is 0 Å². The average Bonchev–Trinajstić information content (AvgIpc) is 3.35. The van der Waals surface area contributed by atoms with E-state index in [1.165, 1.54) is 24.3 Å². The van der Waals surface area contributed by atoms with Crippen LogP contribution in [0, 0.1) is 17.7 Å². The van der Waals surface area contributed by atoms with Crippen LogP contribution in [-0.4, -0.2) is 22.8 Å². The van der Waals surface area contributed by atoms with Crippen molar-refractivity contribution in [3.63, 3.8) is 0 Å². The number of hydrogen-bond donors (Lipinski definition) is 3. The predicted octanol–water partition coefficient (Wildman–Crippen LogP) is 4.98. The number of fused-ring (bicyclic) bond motifs is 2. The summed E-state index contributed by atoms with van der Waals surface area (Å²) in [5, 5.41) is 16.4. The molecule has 3 N–H and O–H groups in total. The number of hydrogen-bond acceptors (Lipinski definition) is 4. The highest BCUT2D eigenvalue weighted by atomic mass is 19.1. The van der Waals surface area contributed by atoms with Gasteiger partial charge in [-0.25, -0.2) is 4.39 Å². The molecule has 3 aromatic carbocycles. The monoisotopic (exact) mass is 458 g/mol. The van der Waals surface area contributed by atoms with Crippen LogP contribution in [0.4, 0.5) is 10.1 Å². The molecule has 2 aliphatic rings. The van der Waals surface area contributed by atoms with Crippen molar-refractivity contribution < 1.29 is 19.1 Å². The van der Waals surface area contributed by atoms with Crippen LogP contribution in [-0.2, 0) is 10.3 Å². The second-order valence-corrected chi connectivity index (χ2v) is 9.33. The molecule has 1 spiro atoms. The van der Waals surface area contributed by atoms with E-state index in [1.807, 2.05) is 24.3 Å². The van der Waals surface area contributed by atoms with E-state index >= 15 is 0 Å². The lowest BCUT2D eigenvalue weighted by molar-refractivity contribution is -0.122. The van der Waals surface area contributed by atoms with Crippen molar-refractivity contribution in [2.75, 3.05) is 5.32 Å². The summed E-state index contributed by atoms with van der Waals surface area (Å²) in [6.07, 6.45) is 0.812. The molecular weight excluding hydrogens is 431 g/mol. The lowest BCUT2D eigenvalue weighted by Crippen LogP contribution is -2.49. The van der Waals surface area contributed by atoms with Crippen LogP contribution < -0.4 is 10.6 Å². The number of aromatic hydroxyl groups is 1. The first kappa shape index (κ1) is 22.3. The summed E-state index contributed by atoms with van der Waals surface area (Å²) >= 11 is 0. The second kappa shape index (κ2) is 8.37. The van der Waals surface area contributed by atoms with Gasteiger partial charge in [-0.15, -0.1) is 0 Å². The van der Waals surface area contributed by atoms with Crippen molar-refractivity contribution in [1.82, 2.24) is 5.32 Å². The Labute approximate surface area is 198 Å². The molecule has 2 aliphatic heterocycles. The Morgan fingerprint density at radius 1 is 1.06 bits per heavy atom. The average molecular weight is 459 g/mol. The Morgan fingerprint density at radius 2 is 1.74 bits per heavy atom. The molecule has 34 heavy (non-hydrogen) atoms. The topological polar surface area (TPSA) is 78.4 Å². The van der Waals surface area contributed by atoms with Crippen molar-refractivity contribution in [3.8, 4) is 5.75 Å². The van der Waals surface area contributed by atoms with Crippen molar-refractivity contribution >= 4 is 17.4 Å². The normalized spacial score (nSPS) is 26.3. The highest BCUT2D eigenvalue weighted by Crippen LogP contribution is 2.55. The zero-order valence-corrected chi connectivity index (χ0v) is 19.1. The Hall–Kier alpha value is -3.51. The summed E-state index contributed by atoms with van der Waals surface area (Å²) in [5.41, 5.74) is 1.54. The van der Waals surface area contributed by atoms with E-state index in [1.54, 1.807) is 24.3 Å². The molecule has 1 unspecified atom stereocenters. The number of para-hydroxylation sites is 1. The number of nitrogens with one attached hydrogen (secondary N) is 2. The summed E-state index contributed by atoms with van der Waals surface area (Å²) in [6, 6.07) is 19.5. The van der Waals surface area contributed by atoms with Gasteiger partial charge in [0.05, 0.1) is 0 Å². The second-order valence-electron chi connectivity index (χ2n) is 9.33. The quantitative estimate of drug-likeness (QED) is 0.471. The first-order valence-corrected chi connectivity index (χ1v) is 11.6. The van der Waals surface area contributed by atoms with Gasteiger partial charge in [0.15, 0.2) is 5.78 Å². The van der Waals surface area contributed by atoms with Gasteiger partial charge in [0.1, 0.15) is 17.1 Å². The summed E-state index contributed by atoms with van der Waals surface area (Å²) in [5.74, 6) is -1.67. The van der Waals surface area contributed by atoms with Crippen molar-refractivity contribution in [2.24, 2.45) is 11.8 Å². The fraction of sp³-hybridized carbons (Fsp3) is 0.286. The zero-order chi connectivity index (χ0) is 24.0. The predicted molar refractivity (Wildman–Crippen MR) is 128 cm³/mol. The summed E-state index contributed by atoms with van der Waals surface area (Å²) in [6.45, 7) is 4.14. The molecule has 1 amide bonds. The highest BCUT2D eigenvalue weighted by molar-refractivity contribution is 6.09. The van der Waals surface area contributed by atoms with Crippen LogP contribution in [0.3, 0.4) is 0 Å². The third kappa shape index (κ3) is 3.32. The molecule has 1 saturated heterocycles. The number of Topliss-reactive ketones (excluding diaryl/α,β-unsaturated/α-hetero) is 1. The van der Waals surface area contributed by atoms with Crippen molar-refractivity contribution in [3.05, 3.63) is 95.3 Å². The van der Waals surface area contributed by atoms with Gasteiger partial charge in [-0.1, -0.05) is 50.6 Å². The van der Waals surface area contributed by atoms with E-state index in [2.05, 4.69) is 24.5 Å². The van der Waals surface area contributed by atoms with Gasteiger partial charge in [-0.3, -0.25) is 14.9 Å². The lowest BCUT2D eigenvalue weighted by atomic mass is 9.68. The summed E-state index contributed by atoms with van der Waals surface area (Å²) in [4.78, 5) is 27.8. The third-order valence-electron chi connectivity index (χ3n) is 7.51. The maximum Gasteiger partial charge on any atom is 0.250 e. The molecule has 0 radical (unpaired) electrons. The molecule has 3 aromatic rings. The van der Waals surface area contributed by atoms with Crippen LogP contribution in [0.15, 0.2) is 72.8 Å². The number of phenols is 1. The molecule has 1 fully saturated rings. The summed E-state index contributed by atoms with van der Waals surface area (Å²) < 4.78 is 13.9. The number of amides is 1. The van der Waals surface area contributed by atoms with Crippen molar-refractivity contribution in [1.29, 1.82) is 0 Å². The van der Waals surface area contributed by atoms with Crippen LogP contribution in [0.2, 0.25) is 0 Å². The Balaban J connectivity index is 1.75. The van der Waals surface area contributed by atoms with Gasteiger partial charge < -0.3 is 10.4 Å². The maximum absolute atomic E-state index is 14.1. The molecule has 0 aromatic heterocycles. The molecule has 0 aliphatic carbocycles. The molecule has 0 saturated carbocycles. The van der Waals surface area contributed by atoms with Gasteiger partial charge in [0.2, 0.25) is 5.91 Å². The third-order valence-corrected chi connectivity index (χ3v) is 7.51. The SMILES string of the molecule is CCC(C)[C@@H]1N[C@]2(C(=O)Nc3ccccc32)[C@@H](c2ccc(F)cc2)[C@@H]1C(=O)c1ccc(O)cc1. The fourth-order valence-corrected chi connectivity index (χ4v) is 5.66. The Kier molecular flexibility index (Phi) is 5.48. The molecular formula is C28H27FN2O3. The smallest absolute Gasteiger partial charge is 0.250 e. The lowest BCUT2D eigenvalue weighted by Gasteiger charge is -2.32. The number of phenolic OH excluding ortho intramolecular Hbond substituents is 1. The van der Waals surface area contributed by atoms with Gasteiger partial charge in [0, 0.05) is 34.7 Å². The Bertz CT molecular complexity index is 1240. The number of rotatable bonds is 5. The van der Waals surface area contributed by atoms with E-state index in [0.717, 1.165) is 17.5 Å². The molecule has 0 bridgehead atoms. The number of halogens is 1. The molecule has 5 rings (SSSR count). The first-order valence-electron chi connectivity index (χ1n) is 11.6. The van der Waals surface area contributed by atoms with Gasteiger partial charge in [-0.2, -0.15) is 0 Å². The minimum absolute atomic E-state index is 0.0789. The van der Waals surface area contributed by atoms with Crippen LogP contribution in [0.1, 0.15) is 47.7 Å². The van der Waals surface area contributed by atoms with Crippen LogP contribution in [0.25, 0.3) is 0 Å². The first-order chi connectivity index (χ1) is 16.4. The highest BCUT2D eigenvalue weighted by Gasteiger charge is 2.64. The van der Waals surface area contributed by atoms with Gasteiger partial charge in [-0.05, 0) is 53.9 Å². The standard InChI is InChI=1S/C28H27FN2O3/c1-3-16(2)25-23(26(33)18-10-14-20(32)15-11-18)24(17-8-12-19(29)13-9-17)28(31-25)21-6-4-5-7-22(21)30-27(28)34/h4-16,23-25,31-32H,3H2,1-2H3,(H,30,34)/t16?,23-,24-,25-,28-/m0/s1. The minimum atomic E-state index is -1.17. The maximum atomic E-state index is 14.1. The Morgan fingerprint density at radius 3 is 2.41 bits per heavy atom. The fourth-order valence-electron chi connectivity index (χ4n) is 5.66. The van der Waals surface area contributed by atoms with Crippen molar-refractivity contribution in [2.45, 2.75) is 37.8 Å². The molecule has 174 valence electrons. The summed E-state index contributed by atoms with van der Waals surface area (Å²) in [7, 11) is 0. The molecule has 5 atom stereocenters. The van der Waals surface area contributed by atoms with Gasteiger partial charge >= 0.3 is 0 Å². The largest absolute Gasteiger partial charge is 0.508 e. The van der Waals surface area contributed by atoms with E-state index in [0.29, 0.717) is 11.3 Å².